The molecule has 1 saturated heterocycles. The first-order valence-corrected chi connectivity index (χ1v) is 9.05. The summed E-state index contributed by atoms with van der Waals surface area (Å²) in [6.07, 6.45) is 0. The Balaban J connectivity index is 1.65. The lowest BCUT2D eigenvalue weighted by Gasteiger charge is -2.25. The number of fused-ring (bicyclic) bond motifs is 1. The Labute approximate surface area is 154 Å². The molecular weight excluding hydrogens is 325 g/mol. The van der Waals surface area contributed by atoms with Crippen molar-refractivity contribution in [3.05, 3.63) is 71.5 Å². The maximum Gasteiger partial charge on any atom is 0.129 e. The van der Waals surface area contributed by atoms with Crippen LogP contribution in [0.5, 0.6) is 0 Å². The van der Waals surface area contributed by atoms with E-state index < -0.39 is 0 Å². The van der Waals surface area contributed by atoms with Gasteiger partial charge in [-0.2, -0.15) is 0 Å². The minimum absolute atomic E-state index is 0.222. The standard InChI is InChI=1S/C22H24FN3/c1-15-4-6-16(7-5-15)19-13-26(14-21(19)25(2)3)22-11-8-17-12-18(23)9-10-20(17)24-22/h4-12,19,21H,13-14H2,1-3H3/t19-,21+/m0/s1. The van der Waals surface area contributed by atoms with Gasteiger partial charge in [0.1, 0.15) is 11.6 Å². The van der Waals surface area contributed by atoms with Gasteiger partial charge >= 0.3 is 0 Å². The van der Waals surface area contributed by atoms with Crippen molar-refractivity contribution in [3.63, 3.8) is 0 Å². The van der Waals surface area contributed by atoms with Crippen molar-refractivity contribution in [2.45, 2.75) is 18.9 Å². The maximum atomic E-state index is 13.4. The largest absolute Gasteiger partial charge is 0.354 e. The van der Waals surface area contributed by atoms with E-state index in [2.05, 4.69) is 55.1 Å². The lowest BCUT2D eigenvalue weighted by Crippen LogP contribution is -2.34. The van der Waals surface area contributed by atoms with Crippen LogP contribution < -0.4 is 4.90 Å². The average molecular weight is 349 g/mol. The topological polar surface area (TPSA) is 19.4 Å². The van der Waals surface area contributed by atoms with Crippen LogP contribution in [-0.4, -0.2) is 43.1 Å². The molecule has 0 N–H and O–H groups in total. The highest BCUT2D eigenvalue weighted by Gasteiger charge is 2.35. The Morgan fingerprint density at radius 1 is 1.00 bits per heavy atom. The van der Waals surface area contributed by atoms with Gasteiger partial charge in [0, 0.05) is 30.4 Å². The van der Waals surface area contributed by atoms with Gasteiger partial charge in [0.05, 0.1) is 5.52 Å². The van der Waals surface area contributed by atoms with Gasteiger partial charge in [0.2, 0.25) is 0 Å². The molecule has 1 aromatic heterocycles. The van der Waals surface area contributed by atoms with Gasteiger partial charge in [-0.15, -0.1) is 0 Å². The Kier molecular flexibility index (Phi) is 4.37. The number of aromatic nitrogens is 1. The molecule has 134 valence electrons. The van der Waals surface area contributed by atoms with Crippen LogP contribution in [0.4, 0.5) is 10.2 Å². The minimum Gasteiger partial charge on any atom is -0.354 e. The molecule has 26 heavy (non-hydrogen) atoms. The molecule has 0 amide bonds. The fourth-order valence-corrected chi connectivity index (χ4v) is 3.90. The number of pyridine rings is 1. The second kappa shape index (κ2) is 6.69. The number of rotatable bonds is 3. The van der Waals surface area contributed by atoms with Crippen molar-refractivity contribution in [1.82, 2.24) is 9.88 Å². The highest BCUT2D eigenvalue weighted by atomic mass is 19.1. The summed E-state index contributed by atoms with van der Waals surface area (Å²) in [5.74, 6) is 1.18. The van der Waals surface area contributed by atoms with Gasteiger partial charge in [-0.3, -0.25) is 0 Å². The fraction of sp³-hybridized carbons (Fsp3) is 0.318. The Morgan fingerprint density at radius 2 is 1.77 bits per heavy atom. The van der Waals surface area contributed by atoms with E-state index in [-0.39, 0.29) is 5.82 Å². The van der Waals surface area contributed by atoms with Crippen LogP contribution >= 0.6 is 0 Å². The van der Waals surface area contributed by atoms with Gasteiger partial charge < -0.3 is 9.80 Å². The zero-order valence-electron chi connectivity index (χ0n) is 15.5. The maximum absolute atomic E-state index is 13.4. The monoisotopic (exact) mass is 349 g/mol. The van der Waals surface area contributed by atoms with Crippen molar-refractivity contribution in [2.75, 3.05) is 32.1 Å². The third-order valence-corrected chi connectivity index (χ3v) is 5.42. The molecule has 1 aliphatic heterocycles. The van der Waals surface area contributed by atoms with Crippen molar-refractivity contribution < 1.29 is 4.39 Å². The van der Waals surface area contributed by atoms with Gasteiger partial charge in [-0.25, -0.2) is 9.37 Å². The summed E-state index contributed by atoms with van der Waals surface area (Å²) in [6, 6.07) is 18.0. The van der Waals surface area contributed by atoms with Crippen LogP contribution in [0, 0.1) is 12.7 Å². The minimum atomic E-state index is -0.222. The van der Waals surface area contributed by atoms with E-state index in [1.54, 1.807) is 6.07 Å². The number of likely N-dealkylation sites (N-methyl/N-ethyl adjacent to an activating group) is 1. The van der Waals surface area contributed by atoms with Crippen LogP contribution in [0.3, 0.4) is 0 Å². The number of halogens is 1. The zero-order chi connectivity index (χ0) is 18.3. The van der Waals surface area contributed by atoms with Gasteiger partial charge in [0.25, 0.3) is 0 Å². The van der Waals surface area contributed by atoms with E-state index in [9.17, 15) is 4.39 Å². The number of benzene rings is 2. The summed E-state index contributed by atoms with van der Waals surface area (Å²) in [7, 11) is 4.29. The Morgan fingerprint density at radius 3 is 2.50 bits per heavy atom. The van der Waals surface area contributed by atoms with Gasteiger partial charge in [0.15, 0.2) is 0 Å². The highest BCUT2D eigenvalue weighted by molar-refractivity contribution is 5.80. The van der Waals surface area contributed by atoms with E-state index in [1.807, 2.05) is 12.1 Å². The van der Waals surface area contributed by atoms with Gasteiger partial charge in [-0.1, -0.05) is 29.8 Å². The van der Waals surface area contributed by atoms with Crippen LogP contribution in [-0.2, 0) is 0 Å². The first-order chi connectivity index (χ1) is 12.5. The lowest BCUT2D eigenvalue weighted by molar-refractivity contribution is 0.292. The summed E-state index contributed by atoms with van der Waals surface area (Å²) in [6.45, 7) is 3.99. The number of hydrogen-bond donors (Lipinski definition) is 0. The molecule has 0 saturated carbocycles. The third-order valence-electron chi connectivity index (χ3n) is 5.42. The smallest absolute Gasteiger partial charge is 0.129 e. The summed E-state index contributed by atoms with van der Waals surface area (Å²) in [5, 5.41) is 0.840. The van der Waals surface area contributed by atoms with E-state index in [0.717, 1.165) is 29.8 Å². The average Bonchev–Trinajstić information content (AvgIpc) is 3.07. The van der Waals surface area contributed by atoms with E-state index >= 15 is 0 Å². The molecular formula is C22H24FN3. The third kappa shape index (κ3) is 3.17. The predicted octanol–water partition coefficient (Wildman–Crippen LogP) is 4.22. The SMILES string of the molecule is Cc1ccc([C@@H]2CN(c3ccc4cc(F)ccc4n3)C[C@H]2N(C)C)cc1. The molecule has 1 fully saturated rings. The zero-order valence-corrected chi connectivity index (χ0v) is 15.5. The molecule has 3 nitrogen and oxygen atoms in total. The molecule has 2 aromatic carbocycles. The van der Waals surface area contributed by atoms with Crippen molar-refractivity contribution >= 4 is 16.7 Å². The summed E-state index contributed by atoms with van der Waals surface area (Å²) < 4.78 is 13.4. The van der Waals surface area contributed by atoms with E-state index in [0.29, 0.717) is 12.0 Å². The lowest BCUT2D eigenvalue weighted by atomic mass is 9.93. The molecule has 0 radical (unpaired) electrons. The first kappa shape index (κ1) is 17.0. The van der Waals surface area contributed by atoms with Gasteiger partial charge in [-0.05, 0) is 56.9 Å². The van der Waals surface area contributed by atoms with Crippen molar-refractivity contribution in [3.8, 4) is 0 Å². The molecule has 0 unspecified atom stereocenters. The van der Waals surface area contributed by atoms with Crippen molar-refractivity contribution in [2.24, 2.45) is 0 Å². The Hall–Kier alpha value is -2.46. The van der Waals surface area contributed by atoms with Crippen LogP contribution in [0.25, 0.3) is 10.9 Å². The van der Waals surface area contributed by atoms with E-state index in [4.69, 9.17) is 4.98 Å². The normalized spacial score (nSPS) is 20.3. The Bertz CT molecular complexity index is 920. The molecule has 4 rings (SSSR count). The summed E-state index contributed by atoms with van der Waals surface area (Å²) in [5.41, 5.74) is 3.50. The molecule has 1 aliphatic rings. The van der Waals surface area contributed by atoms with Crippen LogP contribution in [0.15, 0.2) is 54.6 Å². The second-order valence-corrected chi connectivity index (χ2v) is 7.46. The molecule has 2 atom stereocenters. The molecule has 4 heteroatoms. The summed E-state index contributed by atoms with van der Waals surface area (Å²) in [4.78, 5) is 9.43. The predicted molar refractivity (Wildman–Crippen MR) is 105 cm³/mol. The highest BCUT2D eigenvalue weighted by Crippen LogP contribution is 2.33. The fourth-order valence-electron chi connectivity index (χ4n) is 3.90. The molecule has 0 bridgehead atoms. The number of nitrogens with zero attached hydrogens (tertiary/aromatic N) is 3. The van der Waals surface area contributed by atoms with Crippen LogP contribution in [0.2, 0.25) is 0 Å². The van der Waals surface area contributed by atoms with Crippen LogP contribution in [0.1, 0.15) is 17.0 Å². The second-order valence-electron chi connectivity index (χ2n) is 7.46. The molecule has 0 aliphatic carbocycles. The number of anilines is 1. The molecule has 2 heterocycles. The summed E-state index contributed by atoms with van der Waals surface area (Å²) >= 11 is 0. The number of hydrogen-bond acceptors (Lipinski definition) is 3. The molecule has 3 aromatic rings. The molecule has 0 spiro atoms. The first-order valence-electron chi connectivity index (χ1n) is 9.05. The van der Waals surface area contributed by atoms with Crippen molar-refractivity contribution in [1.29, 1.82) is 0 Å². The van der Waals surface area contributed by atoms with E-state index in [1.165, 1.54) is 23.3 Å². The quantitative estimate of drug-likeness (QED) is 0.706. The number of aryl methyl sites for hydroxylation is 1.